The van der Waals surface area contributed by atoms with Crippen LogP contribution in [-0.2, 0) is 16.6 Å². The normalized spacial score (nSPS) is 12.2. The first kappa shape index (κ1) is 17.1. The SMILES string of the molecule is O=C(O)c1ccccc1S(=O)Cc1c(F)c(F)c(F)c(F)c1F. The van der Waals surface area contributed by atoms with Gasteiger partial charge >= 0.3 is 5.97 Å². The molecule has 3 nitrogen and oxygen atoms in total. The summed E-state index contributed by atoms with van der Waals surface area (Å²) < 4.78 is 78.4. The highest BCUT2D eigenvalue weighted by molar-refractivity contribution is 7.84. The second-order valence-corrected chi connectivity index (χ2v) is 5.76. The predicted octanol–water partition coefficient (Wildman–Crippen LogP) is 3.39. The molecule has 1 N–H and O–H groups in total. The molecule has 0 amide bonds. The van der Waals surface area contributed by atoms with E-state index in [0.29, 0.717) is 0 Å². The summed E-state index contributed by atoms with van der Waals surface area (Å²) in [7, 11) is -2.33. The fourth-order valence-electron chi connectivity index (χ4n) is 1.83. The van der Waals surface area contributed by atoms with Gasteiger partial charge in [-0.15, -0.1) is 0 Å². The summed E-state index contributed by atoms with van der Waals surface area (Å²) in [5, 5.41) is 8.96. The molecular weight excluding hydrogens is 343 g/mol. The molecule has 0 bridgehead atoms. The Labute approximate surface area is 128 Å². The Balaban J connectivity index is 2.49. The van der Waals surface area contributed by atoms with Crippen LogP contribution in [0, 0.1) is 29.1 Å². The number of carboxylic acids is 1. The van der Waals surface area contributed by atoms with E-state index in [9.17, 15) is 31.0 Å². The van der Waals surface area contributed by atoms with Crippen LogP contribution in [0.2, 0.25) is 0 Å². The van der Waals surface area contributed by atoms with Crippen LogP contribution >= 0.6 is 0 Å². The topological polar surface area (TPSA) is 54.4 Å². The van der Waals surface area contributed by atoms with Gasteiger partial charge in [0.15, 0.2) is 23.3 Å². The summed E-state index contributed by atoms with van der Waals surface area (Å²) in [6, 6.07) is 4.90. The molecule has 0 saturated heterocycles. The molecule has 9 heteroatoms. The van der Waals surface area contributed by atoms with Gasteiger partial charge in [-0.1, -0.05) is 12.1 Å². The van der Waals surface area contributed by atoms with Crippen molar-refractivity contribution in [2.45, 2.75) is 10.6 Å². The molecule has 0 aliphatic heterocycles. The Morgan fingerprint density at radius 1 is 0.913 bits per heavy atom. The summed E-state index contributed by atoms with van der Waals surface area (Å²) in [6.45, 7) is 0. The molecule has 2 aromatic rings. The van der Waals surface area contributed by atoms with Crippen molar-refractivity contribution in [3.63, 3.8) is 0 Å². The molecule has 0 saturated carbocycles. The monoisotopic (exact) mass is 350 g/mol. The van der Waals surface area contributed by atoms with Crippen LogP contribution in [0.4, 0.5) is 22.0 Å². The quantitative estimate of drug-likeness (QED) is 0.522. The number of benzene rings is 2. The molecule has 0 spiro atoms. The number of carboxylic acid groups (broad SMARTS) is 1. The number of carbonyl (C=O) groups is 1. The first-order valence-corrected chi connectivity index (χ1v) is 7.28. The van der Waals surface area contributed by atoms with Crippen molar-refractivity contribution in [2.24, 2.45) is 0 Å². The summed E-state index contributed by atoms with van der Waals surface area (Å²) in [5.41, 5.74) is -1.66. The Kier molecular flexibility index (Phi) is 4.79. The van der Waals surface area contributed by atoms with Crippen LogP contribution in [-0.4, -0.2) is 15.3 Å². The lowest BCUT2D eigenvalue weighted by atomic mass is 10.2. The minimum atomic E-state index is -2.33. The molecule has 1 unspecified atom stereocenters. The van der Waals surface area contributed by atoms with E-state index in [4.69, 9.17) is 5.11 Å². The fraction of sp³-hybridized carbons (Fsp3) is 0.0714. The number of halogens is 5. The van der Waals surface area contributed by atoms with Gasteiger partial charge in [0, 0.05) is 5.56 Å². The zero-order valence-electron chi connectivity index (χ0n) is 11.1. The van der Waals surface area contributed by atoms with Gasteiger partial charge in [-0.25, -0.2) is 26.7 Å². The highest BCUT2D eigenvalue weighted by Crippen LogP contribution is 2.26. The lowest BCUT2D eigenvalue weighted by Gasteiger charge is -2.09. The minimum Gasteiger partial charge on any atom is -0.478 e. The van der Waals surface area contributed by atoms with Crippen LogP contribution in [0.25, 0.3) is 0 Å². The van der Waals surface area contributed by atoms with Crippen molar-refractivity contribution in [3.8, 4) is 0 Å². The zero-order valence-corrected chi connectivity index (χ0v) is 11.9. The molecule has 2 aromatic carbocycles. The van der Waals surface area contributed by atoms with Crippen LogP contribution in [0.3, 0.4) is 0 Å². The van der Waals surface area contributed by atoms with Gasteiger partial charge in [-0.05, 0) is 12.1 Å². The van der Waals surface area contributed by atoms with Gasteiger partial charge in [0.05, 0.1) is 27.0 Å². The lowest BCUT2D eigenvalue weighted by molar-refractivity contribution is 0.0693. The van der Waals surface area contributed by atoms with Crippen molar-refractivity contribution >= 4 is 16.8 Å². The van der Waals surface area contributed by atoms with Gasteiger partial charge in [-0.2, -0.15) is 0 Å². The summed E-state index contributed by atoms with van der Waals surface area (Å²) in [4.78, 5) is 10.7. The van der Waals surface area contributed by atoms with Crippen molar-refractivity contribution in [1.82, 2.24) is 0 Å². The molecule has 1 atom stereocenters. The average Bonchev–Trinajstić information content (AvgIpc) is 2.54. The lowest BCUT2D eigenvalue weighted by Crippen LogP contribution is -2.11. The van der Waals surface area contributed by atoms with E-state index >= 15 is 0 Å². The highest BCUT2D eigenvalue weighted by atomic mass is 32.2. The number of rotatable bonds is 4. The Hall–Kier alpha value is -2.29. The Morgan fingerprint density at radius 2 is 1.39 bits per heavy atom. The molecule has 122 valence electrons. The molecule has 2 rings (SSSR count). The largest absolute Gasteiger partial charge is 0.478 e. The Morgan fingerprint density at radius 3 is 1.91 bits per heavy atom. The predicted molar refractivity (Wildman–Crippen MR) is 69.7 cm³/mol. The molecule has 0 aliphatic carbocycles. The molecule has 0 fully saturated rings. The highest BCUT2D eigenvalue weighted by Gasteiger charge is 2.27. The number of hydrogen-bond donors (Lipinski definition) is 1. The van der Waals surface area contributed by atoms with Crippen molar-refractivity contribution in [2.75, 3.05) is 0 Å². The van der Waals surface area contributed by atoms with Gasteiger partial charge in [0.2, 0.25) is 5.82 Å². The van der Waals surface area contributed by atoms with Crippen LogP contribution in [0.5, 0.6) is 0 Å². The number of hydrogen-bond acceptors (Lipinski definition) is 2. The second kappa shape index (κ2) is 6.45. The van der Waals surface area contributed by atoms with E-state index in [1.54, 1.807) is 0 Å². The first-order valence-electron chi connectivity index (χ1n) is 5.96. The minimum absolute atomic E-state index is 0.288. The van der Waals surface area contributed by atoms with E-state index in [2.05, 4.69) is 0 Å². The third-order valence-corrected chi connectivity index (χ3v) is 4.34. The third-order valence-electron chi connectivity index (χ3n) is 2.94. The maximum absolute atomic E-state index is 13.6. The molecule has 0 aromatic heterocycles. The summed E-state index contributed by atoms with van der Waals surface area (Å²) in [6.07, 6.45) is 0. The third kappa shape index (κ3) is 3.09. The number of aromatic carboxylic acids is 1. The molecular formula is C14H7F5O3S. The maximum atomic E-state index is 13.6. The van der Waals surface area contributed by atoms with E-state index in [0.717, 1.165) is 12.1 Å². The van der Waals surface area contributed by atoms with E-state index in [1.165, 1.54) is 12.1 Å². The van der Waals surface area contributed by atoms with E-state index in [-0.39, 0.29) is 4.90 Å². The van der Waals surface area contributed by atoms with Crippen molar-refractivity contribution < 1.29 is 36.1 Å². The van der Waals surface area contributed by atoms with Gasteiger partial charge in [0.1, 0.15) is 0 Å². The van der Waals surface area contributed by atoms with E-state index < -0.39 is 62.7 Å². The molecule has 23 heavy (non-hydrogen) atoms. The summed E-state index contributed by atoms with van der Waals surface area (Å²) >= 11 is 0. The first-order chi connectivity index (χ1) is 10.8. The van der Waals surface area contributed by atoms with Gasteiger partial charge in [-0.3, -0.25) is 4.21 Å². The molecule has 0 heterocycles. The molecule has 0 radical (unpaired) electrons. The van der Waals surface area contributed by atoms with Gasteiger partial charge < -0.3 is 5.11 Å². The standard InChI is InChI=1S/C14H7F5O3S/c15-9-7(10(16)12(18)13(19)11(9)17)5-23(22)8-4-2-1-3-6(8)14(20)21/h1-4H,5H2,(H,20,21). The average molecular weight is 350 g/mol. The van der Waals surface area contributed by atoms with E-state index in [1.807, 2.05) is 0 Å². The van der Waals surface area contributed by atoms with Crippen LogP contribution in [0.15, 0.2) is 29.2 Å². The van der Waals surface area contributed by atoms with Gasteiger partial charge in [0.25, 0.3) is 0 Å². The van der Waals surface area contributed by atoms with Crippen LogP contribution in [0.1, 0.15) is 15.9 Å². The maximum Gasteiger partial charge on any atom is 0.336 e. The van der Waals surface area contributed by atoms with Crippen LogP contribution < -0.4 is 0 Å². The second-order valence-electron chi connectivity index (χ2n) is 4.34. The Bertz CT molecular complexity index is 793. The smallest absolute Gasteiger partial charge is 0.336 e. The summed E-state index contributed by atoms with van der Waals surface area (Å²) in [5.74, 6) is -13.3. The fourth-order valence-corrected chi connectivity index (χ4v) is 3.13. The van der Waals surface area contributed by atoms with Crippen molar-refractivity contribution in [3.05, 3.63) is 64.5 Å². The van der Waals surface area contributed by atoms with Crippen molar-refractivity contribution in [1.29, 1.82) is 0 Å². The molecule has 0 aliphatic rings. The zero-order chi connectivity index (χ0) is 17.3.